The molecule has 3 atom stereocenters. The Morgan fingerprint density at radius 3 is 2.12 bits per heavy atom. The van der Waals surface area contributed by atoms with Gasteiger partial charge in [-0.25, -0.2) is 4.79 Å². The van der Waals surface area contributed by atoms with E-state index in [9.17, 15) is 4.79 Å². The highest BCUT2D eigenvalue weighted by molar-refractivity contribution is 9.10. The number of likely N-dealkylation sites (tertiary alicyclic amines) is 1. The molecule has 43 heavy (non-hydrogen) atoms. The minimum Gasteiger partial charge on any atom is -0.353 e. The van der Waals surface area contributed by atoms with Gasteiger partial charge in [0.15, 0.2) is 0 Å². The number of likely N-dealkylation sites (N-methyl/N-ethyl adjacent to an activating group) is 1. The molecule has 1 aliphatic heterocycles. The fourth-order valence-corrected chi connectivity index (χ4v) is 15.2. The number of halogens is 1. The fourth-order valence-electron chi connectivity index (χ4n) is 8.28. The van der Waals surface area contributed by atoms with Crippen LogP contribution in [0.3, 0.4) is 0 Å². The number of nitrogens with zero attached hydrogens (tertiary/aromatic N) is 3. The summed E-state index contributed by atoms with van der Waals surface area (Å²) in [6.45, 7) is 13.7. The van der Waals surface area contributed by atoms with Gasteiger partial charge in [0.1, 0.15) is 0 Å². The van der Waals surface area contributed by atoms with Gasteiger partial charge in [0.2, 0.25) is 8.24 Å². The first-order valence-corrected chi connectivity index (χ1v) is 18.6. The van der Waals surface area contributed by atoms with Crippen molar-refractivity contribution in [2.24, 2.45) is 0 Å². The number of piperidine rings is 1. The zero-order chi connectivity index (χ0) is 30.5. The fraction of sp³-hybridized carbons (Fsp3) is 0.417. The van der Waals surface area contributed by atoms with E-state index in [1.807, 2.05) is 18.7 Å². The zero-order valence-electron chi connectivity index (χ0n) is 26.4. The van der Waals surface area contributed by atoms with Crippen molar-refractivity contribution in [2.75, 3.05) is 26.7 Å². The van der Waals surface area contributed by atoms with E-state index in [1.54, 1.807) is 0 Å². The SMILES string of the molecule is CCN(CC)C(=O)N[C@H]1C[C@@H]2c3cccc4c3c(c(Br)n4[Si](c3ccccc3)(c3ccccc3)C(C)(C)C)C[C@H]2N(C)C1. The Morgan fingerprint density at radius 1 is 0.953 bits per heavy atom. The number of carbonyl (C=O) groups is 1. The van der Waals surface area contributed by atoms with Gasteiger partial charge in [-0.3, -0.25) is 0 Å². The molecule has 1 aromatic heterocycles. The van der Waals surface area contributed by atoms with Crippen LogP contribution < -0.4 is 15.7 Å². The molecule has 0 radical (unpaired) electrons. The molecular formula is C36H45BrN4OSi. The molecule has 7 heteroatoms. The van der Waals surface area contributed by atoms with E-state index in [1.165, 1.54) is 37.0 Å². The monoisotopic (exact) mass is 656 g/mol. The molecule has 226 valence electrons. The van der Waals surface area contributed by atoms with E-state index in [0.29, 0.717) is 12.0 Å². The summed E-state index contributed by atoms with van der Waals surface area (Å²) in [7, 11) is -0.412. The van der Waals surface area contributed by atoms with Gasteiger partial charge < -0.3 is 19.3 Å². The van der Waals surface area contributed by atoms with Crippen LogP contribution in [0.15, 0.2) is 83.5 Å². The normalized spacial score (nSPS) is 20.6. The second-order valence-electron chi connectivity index (χ2n) is 13.4. The molecule has 1 saturated heterocycles. The number of hydrogen-bond acceptors (Lipinski definition) is 2. The maximum absolute atomic E-state index is 13.0. The molecule has 2 amide bonds. The van der Waals surface area contributed by atoms with Gasteiger partial charge in [0.05, 0.1) is 4.60 Å². The van der Waals surface area contributed by atoms with Crippen LogP contribution in [0.5, 0.6) is 0 Å². The summed E-state index contributed by atoms with van der Waals surface area (Å²) in [5.74, 6) is 0.360. The summed E-state index contributed by atoms with van der Waals surface area (Å²) in [5.41, 5.74) is 4.18. The molecule has 0 bridgehead atoms. The highest BCUT2D eigenvalue weighted by Gasteiger charge is 2.53. The largest absolute Gasteiger partial charge is 0.353 e. The lowest BCUT2D eigenvalue weighted by Crippen LogP contribution is -2.69. The summed E-state index contributed by atoms with van der Waals surface area (Å²) >= 11 is 4.28. The molecular weight excluding hydrogens is 612 g/mol. The van der Waals surface area contributed by atoms with Crippen molar-refractivity contribution >= 4 is 51.5 Å². The third kappa shape index (κ3) is 4.79. The smallest absolute Gasteiger partial charge is 0.317 e. The second-order valence-corrected chi connectivity index (χ2v) is 18.7. The molecule has 5 nitrogen and oxygen atoms in total. The third-order valence-electron chi connectivity index (χ3n) is 10.1. The molecule has 1 N–H and O–H groups in total. The summed E-state index contributed by atoms with van der Waals surface area (Å²) in [6.07, 6.45) is 1.96. The predicted molar refractivity (Wildman–Crippen MR) is 185 cm³/mol. The van der Waals surface area contributed by atoms with Crippen molar-refractivity contribution in [2.45, 2.75) is 70.5 Å². The van der Waals surface area contributed by atoms with Crippen molar-refractivity contribution in [1.29, 1.82) is 0 Å². The summed E-state index contributed by atoms with van der Waals surface area (Å²) in [6, 6.07) is 30.0. The van der Waals surface area contributed by atoms with Crippen molar-refractivity contribution < 1.29 is 4.79 Å². The van der Waals surface area contributed by atoms with Crippen molar-refractivity contribution in [3.05, 3.63) is 94.6 Å². The minimum absolute atomic E-state index is 0.0329. The first kappa shape index (κ1) is 30.2. The second kappa shape index (κ2) is 11.6. The summed E-state index contributed by atoms with van der Waals surface area (Å²) < 4.78 is 3.97. The standard InChI is InChI=1S/C36H45BrN4OSi/c1-7-40(8-2)35(42)38-25-22-29-28-20-15-21-31-33(28)30(23-32(29)39(6)24-25)34(37)41(31)43(36(3,4)5,26-16-11-9-12-17-26)27-18-13-10-14-19-27/h9-21,25,29,32H,7-8,22-24H2,1-6H3,(H,38,42)/t25-,29+,32+/m0/s1. The highest BCUT2D eigenvalue weighted by atomic mass is 79.9. The average Bonchev–Trinajstić information content (AvgIpc) is 3.27. The number of fused-ring (bicyclic) bond motifs is 2. The van der Waals surface area contributed by atoms with Crippen LogP contribution in [-0.4, -0.2) is 67.1 Å². The van der Waals surface area contributed by atoms with Crippen LogP contribution in [0.2, 0.25) is 5.04 Å². The van der Waals surface area contributed by atoms with E-state index >= 15 is 0 Å². The number of amides is 2. The van der Waals surface area contributed by atoms with E-state index in [2.05, 4.69) is 137 Å². The first-order chi connectivity index (χ1) is 20.6. The number of benzene rings is 3. The number of rotatable bonds is 6. The molecule has 2 heterocycles. The summed E-state index contributed by atoms with van der Waals surface area (Å²) in [4.78, 5) is 17.4. The highest BCUT2D eigenvalue weighted by Crippen LogP contribution is 2.49. The van der Waals surface area contributed by atoms with Gasteiger partial charge in [-0.05, 0) is 82.3 Å². The molecule has 6 rings (SSSR count). The molecule has 0 unspecified atom stereocenters. The maximum atomic E-state index is 13.0. The molecule has 1 aliphatic carbocycles. The topological polar surface area (TPSA) is 40.5 Å². The Bertz CT molecular complexity index is 1570. The van der Waals surface area contributed by atoms with Gasteiger partial charge in [-0.2, -0.15) is 0 Å². The quantitative estimate of drug-likeness (QED) is 0.238. The Labute approximate surface area is 266 Å². The van der Waals surface area contributed by atoms with E-state index in [-0.39, 0.29) is 17.1 Å². The van der Waals surface area contributed by atoms with E-state index in [0.717, 1.165) is 32.5 Å². The number of hydrogen-bond donors (Lipinski definition) is 1. The Balaban J connectivity index is 1.55. The van der Waals surface area contributed by atoms with Crippen LogP contribution in [0.4, 0.5) is 4.79 Å². The van der Waals surface area contributed by atoms with Crippen LogP contribution >= 0.6 is 15.9 Å². The Hall–Kier alpha value is -2.87. The van der Waals surface area contributed by atoms with Crippen LogP contribution in [0, 0.1) is 0 Å². The Kier molecular flexibility index (Phi) is 8.11. The lowest BCUT2D eigenvalue weighted by molar-refractivity contribution is 0.124. The number of nitrogens with one attached hydrogen (secondary N) is 1. The van der Waals surface area contributed by atoms with Crippen LogP contribution in [0.25, 0.3) is 10.9 Å². The Morgan fingerprint density at radius 2 is 1.56 bits per heavy atom. The maximum Gasteiger partial charge on any atom is 0.317 e. The third-order valence-corrected chi connectivity index (χ3v) is 16.9. The average molecular weight is 658 g/mol. The molecule has 0 spiro atoms. The lowest BCUT2D eigenvalue weighted by Gasteiger charge is -2.46. The number of aromatic nitrogens is 1. The van der Waals surface area contributed by atoms with Crippen molar-refractivity contribution in [1.82, 2.24) is 19.3 Å². The van der Waals surface area contributed by atoms with Crippen molar-refractivity contribution in [3.63, 3.8) is 0 Å². The van der Waals surface area contributed by atoms with Crippen LogP contribution in [-0.2, 0) is 6.42 Å². The van der Waals surface area contributed by atoms with Crippen molar-refractivity contribution in [3.8, 4) is 0 Å². The van der Waals surface area contributed by atoms with Gasteiger partial charge in [0, 0.05) is 48.5 Å². The van der Waals surface area contributed by atoms with E-state index < -0.39 is 8.24 Å². The van der Waals surface area contributed by atoms with Gasteiger partial charge in [0.25, 0.3) is 0 Å². The number of carbonyl (C=O) groups excluding carboxylic acids is 1. The molecule has 0 saturated carbocycles. The molecule has 4 aromatic rings. The summed E-state index contributed by atoms with van der Waals surface area (Å²) in [5, 5.41) is 7.59. The zero-order valence-corrected chi connectivity index (χ0v) is 29.0. The first-order valence-electron chi connectivity index (χ1n) is 15.8. The van der Waals surface area contributed by atoms with E-state index in [4.69, 9.17) is 0 Å². The molecule has 2 aliphatic rings. The molecule has 3 aromatic carbocycles. The lowest BCUT2D eigenvalue weighted by atomic mass is 9.74. The van der Waals surface area contributed by atoms with Gasteiger partial charge >= 0.3 is 6.03 Å². The van der Waals surface area contributed by atoms with Gasteiger partial charge in [-0.1, -0.05) is 93.6 Å². The number of urea groups is 1. The minimum atomic E-state index is -2.65. The predicted octanol–water partition coefficient (Wildman–Crippen LogP) is 6.58. The van der Waals surface area contributed by atoms with Crippen LogP contribution in [0.1, 0.15) is 58.1 Å². The van der Waals surface area contributed by atoms with Gasteiger partial charge in [-0.15, -0.1) is 0 Å². The molecule has 1 fully saturated rings.